The fraction of sp³-hybridized carbons (Fsp3) is 0. The molecule has 0 bridgehead atoms. The first-order valence-electron chi connectivity index (χ1n) is 9.40. The van der Waals surface area contributed by atoms with Crippen LogP contribution in [0, 0.1) is 5.41 Å². The lowest BCUT2D eigenvalue weighted by molar-refractivity contribution is 0.0697. The van der Waals surface area contributed by atoms with E-state index < -0.39 is 58.4 Å². The van der Waals surface area contributed by atoms with Crippen LogP contribution >= 0.6 is 0 Å². The van der Waals surface area contributed by atoms with Crippen LogP contribution in [0.25, 0.3) is 33.4 Å². The summed E-state index contributed by atoms with van der Waals surface area (Å²) in [6.45, 7) is 0. The van der Waals surface area contributed by atoms with Crippen LogP contribution in [0.5, 0.6) is 0 Å². The molecule has 1 aliphatic carbocycles. The number of carboxylic acids is 1. The maximum absolute atomic E-state index is 12.1. The van der Waals surface area contributed by atoms with Gasteiger partial charge < -0.3 is 15.3 Å². The SMILES string of the molecule is N=c1ccc2c(-c3cc(C=O)ccc3C(=O)O)c3ccc(N)c(S(=O)(=O)O)c3oc-2c1S(=O)(=O)O. The molecule has 14 heteroatoms. The Morgan fingerprint density at radius 1 is 0.943 bits per heavy atom. The summed E-state index contributed by atoms with van der Waals surface area (Å²) >= 11 is 0. The van der Waals surface area contributed by atoms with E-state index in [1.54, 1.807) is 0 Å². The molecule has 0 fully saturated rings. The lowest BCUT2D eigenvalue weighted by Crippen LogP contribution is -2.16. The van der Waals surface area contributed by atoms with E-state index >= 15 is 0 Å². The minimum absolute atomic E-state index is 0.0321. The van der Waals surface area contributed by atoms with Gasteiger partial charge in [-0.25, -0.2) is 4.79 Å². The molecule has 0 amide bonds. The Morgan fingerprint density at radius 2 is 1.60 bits per heavy atom. The molecule has 2 aromatic carbocycles. The van der Waals surface area contributed by atoms with Gasteiger partial charge in [-0.3, -0.25) is 19.3 Å². The second-order valence-electron chi connectivity index (χ2n) is 7.33. The highest BCUT2D eigenvalue weighted by Crippen LogP contribution is 2.45. The van der Waals surface area contributed by atoms with E-state index in [4.69, 9.17) is 15.6 Å². The molecule has 6 N–H and O–H groups in total. The number of fused-ring (bicyclic) bond motifs is 2. The van der Waals surface area contributed by atoms with Crippen molar-refractivity contribution >= 4 is 49.1 Å². The number of hydrogen-bond donors (Lipinski definition) is 5. The molecule has 12 nitrogen and oxygen atoms in total. The van der Waals surface area contributed by atoms with Gasteiger partial charge in [-0.1, -0.05) is 6.07 Å². The van der Waals surface area contributed by atoms with Crippen LogP contribution < -0.4 is 11.1 Å². The molecule has 35 heavy (non-hydrogen) atoms. The zero-order valence-corrected chi connectivity index (χ0v) is 18.8. The van der Waals surface area contributed by atoms with Crippen molar-refractivity contribution in [1.29, 1.82) is 5.41 Å². The third kappa shape index (κ3) is 3.93. The monoisotopic (exact) mass is 518 g/mol. The van der Waals surface area contributed by atoms with Crippen molar-refractivity contribution in [1.82, 2.24) is 0 Å². The number of aromatic carboxylic acids is 1. The molecule has 2 aromatic rings. The summed E-state index contributed by atoms with van der Waals surface area (Å²) in [6.07, 6.45) is 0.431. The van der Waals surface area contributed by atoms with E-state index in [2.05, 4.69) is 0 Å². The predicted octanol–water partition coefficient (Wildman–Crippen LogP) is 2.27. The summed E-state index contributed by atoms with van der Waals surface area (Å²) in [5, 5.41) is 16.9. The van der Waals surface area contributed by atoms with Crippen molar-refractivity contribution in [3.63, 3.8) is 0 Å². The van der Waals surface area contributed by atoms with Crippen LogP contribution in [0.4, 0.5) is 5.69 Å². The van der Waals surface area contributed by atoms with E-state index in [1.165, 1.54) is 24.3 Å². The van der Waals surface area contributed by atoms with Gasteiger partial charge in [-0.05, 0) is 42.0 Å². The first-order valence-corrected chi connectivity index (χ1v) is 12.3. The van der Waals surface area contributed by atoms with Gasteiger partial charge in [0.2, 0.25) is 0 Å². The van der Waals surface area contributed by atoms with Gasteiger partial charge in [0.15, 0.2) is 21.1 Å². The molecule has 4 rings (SSSR count). The highest BCUT2D eigenvalue weighted by Gasteiger charge is 2.31. The first-order chi connectivity index (χ1) is 16.3. The molecule has 0 saturated carbocycles. The van der Waals surface area contributed by atoms with E-state index in [0.717, 1.165) is 18.2 Å². The number of anilines is 1. The Morgan fingerprint density at radius 3 is 2.17 bits per heavy atom. The number of aldehydes is 1. The molecule has 0 atom stereocenters. The summed E-state index contributed by atoms with van der Waals surface area (Å²) in [7, 11) is -10.2. The van der Waals surface area contributed by atoms with Crippen LogP contribution in [-0.2, 0) is 20.2 Å². The molecule has 0 aromatic heterocycles. The number of nitrogens with two attached hydrogens (primary N) is 1. The molecule has 0 saturated heterocycles. The summed E-state index contributed by atoms with van der Waals surface area (Å²) < 4.78 is 73.6. The number of nitrogens with one attached hydrogen (secondary N) is 1. The summed E-state index contributed by atoms with van der Waals surface area (Å²) in [6, 6.07) is 8.07. The Labute approximate surface area is 196 Å². The fourth-order valence-corrected chi connectivity index (χ4v) is 5.31. The van der Waals surface area contributed by atoms with E-state index in [-0.39, 0.29) is 33.2 Å². The average Bonchev–Trinajstić information content (AvgIpc) is 2.74. The van der Waals surface area contributed by atoms with Crippen LogP contribution in [0.15, 0.2) is 56.7 Å². The number of carboxylic acid groups (broad SMARTS) is 1. The van der Waals surface area contributed by atoms with Gasteiger partial charge in [0, 0.05) is 22.1 Å². The number of carbonyl (C=O) groups excluding carboxylic acids is 1. The average molecular weight is 518 g/mol. The number of benzene rings is 3. The summed E-state index contributed by atoms with van der Waals surface area (Å²) in [5.41, 5.74) is 3.88. The van der Waals surface area contributed by atoms with Crippen LogP contribution in [0.1, 0.15) is 20.7 Å². The van der Waals surface area contributed by atoms with Crippen molar-refractivity contribution in [3.05, 3.63) is 58.9 Å². The lowest BCUT2D eigenvalue weighted by Gasteiger charge is -2.20. The van der Waals surface area contributed by atoms with Crippen molar-refractivity contribution < 1.29 is 45.1 Å². The minimum Gasteiger partial charge on any atom is -0.478 e. The number of rotatable bonds is 5. The molecule has 1 heterocycles. The smallest absolute Gasteiger partial charge is 0.336 e. The minimum atomic E-state index is -5.12. The first kappa shape index (κ1) is 24.0. The van der Waals surface area contributed by atoms with Crippen molar-refractivity contribution in [2.75, 3.05) is 5.73 Å². The van der Waals surface area contributed by atoms with E-state index in [0.29, 0.717) is 6.29 Å². The van der Waals surface area contributed by atoms with Gasteiger partial charge in [0.05, 0.1) is 16.6 Å². The molecular weight excluding hydrogens is 504 g/mol. The largest absolute Gasteiger partial charge is 0.478 e. The highest BCUT2D eigenvalue weighted by atomic mass is 32.2. The summed E-state index contributed by atoms with van der Waals surface area (Å²) in [5.74, 6) is -2.14. The van der Waals surface area contributed by atoms with Gasteiger partial charge in [-0.15, -0.1) is 0 Å². The molecule has 0 radical (unpaired) electrons. The number of hydrogen-bond acceptors (Lipinski definition) is 9. The topological polar surface area (TPSA) is 226 Å². The van der Waals surface area contributed by atoms with Crippen molar-refractivity contribution in [2.24, 2.45) is 0 Å². The second-order valence-corrected chi connectivity index (χ2v) is 10.1. The molecule has 0 unspecified atom stereocenters. The normalized spacial score (nSPS) is 12.2. The van der Waals surface area contributed by atoms with Crippen LogP contribution in [-0.4, -0.2) is 43.3 Å². The number of carbonyl (C=O) groups is 2. The van der Waals surface area contributed by atoms with E-state index in [9.17, 15) is 40.6 Å². The van der Waals surface area contributed by atoms with Crippen molar-refractivity contribution in [2.45, 2.75) is 9.79 Å². The zero-order valence-electron chi connectivity index (χ0n) is 17.2. The Kier molecular flexibility index (Phi) is 5.48. The molecule has 1 aliphatic heterocycles. The van der Waals surface area contributed by atoms with E-state index in [1.807, 2.05) is 0 Å². The predicted molar refractivity (Wildman–Crippen MR) is 121 cm³/mol. The maximum Gasteiger partial charge on any atom is 0.336 e. The second kappa shape index (κ2) is 7.99. The standard InChI is InChI=1S/C21H14N2O10S2/c22-14-5-3-11-16(13-7-9(8-24)1-2-10(13)21(25)26)12-4-6-15(23)20(35(30,31)32)18(12)33-17(11)19(14)34(27,28)29/h1-8,22H,23H2,(H,25,26)(H,27,28,29)(H,30,31,32). The maximum atomic E-state index is 12.1. The van der Waals surface area contributed by atoms with Crippen LogP contribution in [0.3, 0.4) is 0 Å². The van der Waals surface area contributed by atoms with Gasteiger partial charge in [-0.2, -0.15) is 16.8 Å². The third-order valence-electron chi connectivity index (χ3n) is 5.19. The summed E-state index contributed by atoms with van der Waals surface area (Å²) in [4.78, 5) is 21.4. The Bertz CT molecular complexity index is 1820. The third-order valence-corrected chi connectivity index (χ3v) is 7.05. The molecule has 0 spiro atoms. The number of nitrogen functional groups attached to an aromatic ring is 1. The highest BCUT2D eigenvalue weighted by molar-refractivity contribution is 7.86. The lowest BCUT2D eigenvalue weighted by atomic mass is 9.89. The Balaban J connectivity index is 2.42. The zero-order chi connectivity index (χ0) is 25.9. The quantitative estimate of drug-likeness (QED) is 0.111. The van der Waals surface area contributed by atoms with Crippen LogP contribution in [0.2, 0.25) is 0 Å². The van der Waals surface area contributed by atoms with Crippen molar-refractivity contribution in [3.8, 4) is 22.5 Å². The Hall–Kier alpha value is -4.11. The fourth-order valence-electron chi connectivity index (χ4n) is 3.82. The molecule has 2 aliphatic rings. The molecule has 180 valence electrons. The molecular formula is C21H14N2O10S2. The van der Waals surface area contributed by atoms with Gasteiger partial charge >= 0.3 is 5.97 Å². The van der Waals surface area contributed by atoms with Gasteiger partial charge in [0.25, 0.3) is 20.2 Å². The van der Waals surface area contributed by atoms with Gasteiger partial charge in [0.1, 0.15) is 6.29 Å².